The van der Waals surface area contributed by atoms with Crippen molar-refractivity contribution in [2.75, 3.05) is 0 Å². The van der Waals surface area contributed by atoms with E-state index in [4.69, 9.17) is 16.7 Å². The number of benzene rings is 1. The smallest absolute Gasteiger partial charge is 0.228 e. The molecule has 0 saturated carbocycles. The van der Waals surface area contributed by atoms with Gasteiger partial charge in [-0.3, -0.25) is 0 Å². The molecule has 0 unspecified atom stereocenters. The lowest BCUT2D eigenvalue weighted by molar-refractivity contribution is 0.371. The van der Waals surface area contributed by atoms with Gasteiger partial charge in [-0.25, -0.2) is 8.78 Å². The number of aryl methyl sites for hydroxylation is 2. The van der Waals surface area contributed by atoms with Crippen LogP contribution in [0.2, 0.25) is 0 Å². The van der Waals surface area contributed by atoms with Crippen LogP contribution in [-0.2, 0) is 13.0 Å². The second-order valence-electron chi connectivity index (χ2n) is 3.92. The minimum absolute atomic E-state index is 0.115. The second-order valence-corrected chi connectivity index (χ2v) is 4.31. The lowest BCUT2D eigenvalue weighted by Crippen LogP contribution is -2.03. The SMILES string of the molecule is Fc1ccc2[nH]c(=S)n(CCc3ncno3)c2c1F. The molecule has 1 N–H and O–H groups in total. The Morgan fingerprint density at radius 3 is 2.95 bits per heavy atom. The van der Waals surface area contributed by atoms with Crippen molar-refractivity contribution < 1.29 is 13.3 Å². The molecule has 2 aromatic heterocycles. The highest BCUT2D eigenvalue weighted by atomic mass is 32.1. The van der Waals surface area contributed by atoms with Gasteiger partial charge < -0.3 is 14.1 Å². The maximum Gasteiger partial charge on any atom is 0.228 e. The highest BCUT2D eigenvalue weighted by Gasteiger charge is 2.14. The summed E-state index contributed by atoms with van der Waals surface area (Å²) in [6.45, 7) is 0.321. The molecule has 0 amide bonds. The molecule has 0 radical (unpaired) electrons. The van der Waals surface area contributed by atoms with Gasteiger partial charge >= 0.3 is 0 Å². The Morgan fingerprint density at radius 1 is 1.37 bits per heavy atom. The average Bonchev–Trinajstić information content (AvgIpc) is 2.99. The van der Waals surface area contributed by atoms with Gasteiger partial charge in [0.25, 0.3) is 0 Å². The molecule has 0 aliphatic carbocycles. The standard InChI is InChI=1S/C11H8F2N4OS/c12-6-1-2-7-10(9(6)13)17(11(19)16-7)4-3-8-14-5-15-18-8/h1-2,5H,3-4H2,(H,16,19). The molecule has 0 aliphatic rings. The number of hydrogen-bond acceptors (Lipinski definition) is 4. The molecule has 0 spiro atoms. The molecule has 98 valence electrons. The fourth-order valence-electron chi connectivity index (χ4n) is 1.92. The largest absolute Gasteiger partial charge is 0.340 e. The molecule has 8 heteroatoms. The normalized spacial score (nSPS) is 11.3. The summed E-state index contributed by atoms with van der Waals surface area (Å²) in [5.74, 6) is -1.42. The number of nitrogens with zero attached hydrogens (tertiary/aromatic N) is 3. The first-order chi connectivity index (χ1) is 9.16. The van der Waals surface area contributed by atoms with Crippen LogP contribution in [0.5, 0.6) is 0 Å². The third-order valence-corrected chi connectivity index (χ3v) is 3.10. The Kier molecular flexibility index (Phi) is 2.86. The van der Waals surface area contributed by atoms with Gasteiger partial charge in [0.2, 0.25) is 5.89 Å². The van der Waals surface area contributed by atoms with E-state index in [1.807, 2.05) is 0 Å². The van der Waals surface area contributed by atoms with Gasteiger partial charge in [-0.05, 0) is 24.4 Å². The zero-order chi connectivity index (χ0) is 13.4. The summed E-state index contributed by atoms with van der Waals surface area (Å²) in [7, 11) is 0. The van der Waals surface area contributed by atoms with E-state index in [0.29, 0.717) is 29.1 Å². The Hall–Kier alpha value is -2.09. The summed E-state index contributed by atoms with van der Waals surface area (Å²) < 4.78 is 33.7. The van der Waals surface area contributed by atoms with Gasteiger partial charge in [-0.2, -0.15) is 4.98 Å². The quantitative estimate of drug-likeness (QED) is 0.750. The number of halogens is 2. The van der Waals surface area contributed by atoms with E-state index < -0.39 is 11.6 Å². The molecule has 3 rings (SSSR count). The topological polar surface area (TPSA) is 59.6 Å². The van der Waals surface area contributed by atoms with E-state index >= 15 is 0 Å². The number of rotatable bonds is 3. The van der Waals surface area contributed by atoms with Crippen LogP contribution in [0.25, 0.3) is 11.0 Å². The van der Waals surface area contributed by atoms with Crippen molar-refractivity contribution in [3.8, 4) is 0 Å². The van der Waals surface area contributed by atoms with E-state index in [2.05, 4.69) is 15.1 Å². The van der Waals surface area contributed by atoms with Crippen molar-refractivity contribution >= 4 is 23.3 Å². The molecule has 5 nitrogen and oxygen atoms in total. The lowest BCUT2D eigenvalue weighted by atomic mass is 10.3. The summed E-state index contributed by atoms with van der Waals surface area (Å²) in [4.78, 5) is 6.69. The number of H-pyrrole nitrogens is 1. The van der Waals surface area contributed by atoms with Gasteiger partial charge in [0, 0.05) is 13.0 Å². The molecule has 19 heavy (non-hydrogen) atoms. The molecule has 1 aromatic carbocycles. The summed E-state index contributed by atoms with van der Waals surface area (Å²) in [6, 6.07) is 2.51. The molecule has 0 bridgehead atoms. The van der Waals surface area contributed by atoms with Gasteiger partial charge in [0.15, 0.2) is 22.7 Å². The number of nitrogens with one attached hydrogen (secondary N) is 1. The Labute approximate surface area is 110 Å². The van der Waals surface area contributed by atoms with Crippen molar-refractivity contribution in [1.82, 2.24) is 19.7 Å². The molecular formula is C11H8F2N4OS. The molecule has 0 atom stereocenters. The number of hydrogen-bond donors (Lipinski definition) is 1. The minimum atomic E-state index is -0.921. The highest BCUT2D eigenvalue weighted by Crippen LogP contribution is 2.20. The summed E-state index contributed by atoms with van der Waals surface area (Å²) in [6.07, 6.45) is 1.67. The zero-order valence-corrected chi connectivity index (χ0v) is 10.4. The third kappa shape index (κ3) is 2.03. The molecule has 0 aliphatic heterocycles. The molecule has 3 aromatic rings. The van der Waals surface area contributed by atoms with Crippen molar-refractivity contribution in [3.63, 3.8) is 0 Å². The van der Waals surface area contributed by atoms with Crippen molar-refractivity contribution in [1.29, 1.82) is 0 Å². The number of fused-ring (bicyclic) bond motifs is 1. The first-order valence-electron chi connectivity index (χ1n) is 5.49. The van der Waals surface area contributed by atoms with E-state index in [0.717, 1.165) is 6.07 Å². The molecule has 0 saturated heterocycles. The first-order valence-corrected chi connectivity index (χ1v) is 5.89. The first kappa shape index (κ1) is 12.0. The Bertz CT molecular complexity index is 778. The number of aromatic nitrogens is 4. The Balaban J connectivity index is 2.05. The van der Waals surface area contributed by atoms with Crippen molar-refractivity contribution in [2.24, 2.45) is 0 Å². The van der Waals surface area contributed by atoms with Crippen molar-refractivity contribution in [3.05, 3.63) is 40.8 Å². The second kappa shape index (κ2) is 4.54. The van der Waals surface area contributed by atoms with E-state index in [-0.39, 0.29) is 5.52 Å². The van der Waals surface area contributed by atoms with Crippen molar-refractivity contribution in [2.45, 2.75) is 13.0 Å². The van der Waals surface area contributed by atoms with Gasteiger partial charge in [0.1, 0.15) is 5.52 Å². The van der Waals surface area contributed by atoms with Crippen LogP contribution in [0, 0.1) is 16.4 Å². The van der Waals surface area contributed by atoms with Crippen LogP contribution >= 0.6 is 12.2 Å². The van der Waals surface area contributed by atoms with E-state index in [9.17, 15) is 8.78 Å². The molecular weight excluding hydrogens is 274 g/mol. The van der Waals surface area contributed by atoms with E-state index in [1.54, 1.807) is 0 Å². The molecule has 2 heterocycles. The monoisotopic (exact) mass is 282 g/mol. The van der Waals surface area contributed by atoms with E-state index in [1.165, 1.54) is 17.0 Å². The molecule has 0 fully saturated rings. The van der Waals surface area contributed by atoms with Crippen LogP contribution in [-0.4, -0.2) is 19.7 Å². The van der Waals surface area contributed by atoms with Crippen LogP contribution in [0.1, 0.15) is 5.89 Å². The van der Waals surface area contributed by atoms with Gasteiger partial charge in [-0.15, -0.1) is 0 Å². The predicted molar refractivity (Wildman–Crippen MR) is 65.0 cm³/mol. The lowest BCUT2D eigenvalue weighted by Gasteiger charge is -2.03. The third-order valence-electron chi connectivity index (χ3n) is 2.78. The Morgan fingerprint density at radius 2 is 2.21 bits per heavy atom. The zero-order valence-electron chi connectivity index (χ0n) is 9.56. The van der Waals surface area contributed by atoms with Gasteiger partial charge in [-0.1, -0.05) is 5.16 Å². The highest BCUT2D eigenvalue weighted by molar-refractivity contribution is 7.71. The summed E-state index contributed by atoms with van der Waals surface area (Å²) >= 11 is 5.10. The van der Waals surface area contributed by atoms with Crippen LogP contribution < -0.4 is 0 Å². The average molecular weight is 282 g/mol. The fraction of sp³-hybridized carbons (Fsp3) is 0.182. The van der Waals surface area contributed by atoms with Gasteiger partial charge in [0.05, 0.1) is 5.52 Å². The predicted octanol–water partition coefficient (Wildman–Crippen LogP) is 2.60. The van der Waals surface area contributed by atoms with Crippen LogP contribution in [0.15, 0.2) is 23.0 Å². The van der Waals surface area contributed by atoms with Crippen LogP contribution in [0.3, 0.4) is 0 Å². The fourth-order valence-corrected chi connectivity index (χ4v) is 2.21. The van der Waals surface area contributed by atoms with Crippen LogP contribution in [0.4, 0.5) is 8.78 Å². The number of imidazole rings is 1. The minimum Gasteiger partial charge on any atom is -0.340 e. The summed E-state index contributed by atoms with van der Waals surface area (Å²) in [5.41, 5.74) is 0.568. The maximum absolute atomic E-state index is 13.8. The summed E-state index contributed by atoms with van der Waals surface area (Å²) in [5, 5.41) is 3.48. The maximum atomic E-state index is 13.8. The number of aromatic amines is 1.